The van der Waals surface area contributed by atoms with E-state index in [0.29, 0.717) is 24.0 Å². The third-order valence-corrected chi connectivity index (χ3v) is 7.93. The topological polar surface area (TPSA) is 101 Å². The molecule has 2 aliphatic rings. The predicted molar refractivity (Wildman–Crippen MR) is 121 cm³/mol. The van der Waals surface area contributed by atoms with Crippen LogP contribution in [0.2, 0.25) is 0 Å². The van der Waals surface area contributed by atoms with Crippen LogP contribution in [-0.2, 0) is 32.5 Å². The maximum atomic E-state index is 12.8. The number of hydrogen-bond donors (Lipinski definition) is 0. The summed E-state index contributed by atoms with van der Waals surface area (Å²) < 4.78 is 31.9. The molecule has 0 spiro atoms. The molecule has 9 heteroatoms. The number of benzene rings is 2. The number of hydrogen-bond acceptors (Lipinski definition) is 6. The number of carbonyl (C=O) groups excluding carboxylic acids is 3. The second-order valence-electron chi connectivity index (χ2n) is 8.12. The molecule has 8 nitrogen and oxygen atoms in total. The first-order valence-electron chi connectivity index (χ1n) is 11.0. The van der Waals surface area contributed by atoms with Crippen molar-refractivity contribution < 1.29 is 27.5 Å². The molecule has 0 radical (unpaired) electrons. The summed E-state index contributed by atoms with van der Waals surface area (Å²) in [6, 6.07) is 13.3. The molecule has 2 aliphatic heterocycles. The zero-order valence-corrected chi connectivity index (χ0v) is 19.2. The van der Waals surface area contributed by atoms with Gasteiger partial charge in [0.15, 0.2) is 0 Å². The zero-order valence-electron chi connectivity index (χ0n) is 18.4. The van der Waals surface area contributed by atoms with Crippen LogP contribution in [0.5, 0.6) is 0 Å². The van der Waals surface area contributed by atoms with Gasteiger partial charge in [-0.25, -0.2) is 8.42 Å². The number of esters is 1. The minimum atomic E-state index is -3.59. The highest BCUT2D eigenvalue weighted by Crippen LogP contribution is 2.27. The number of carbonyl (C=O) groups is 3. The zero-order chi connectivity index (χ0) is 23.6. The monoisotopic (exact) mass is 470 g/mol. The van der Waals surface area contributed by atoms with E-state index >= 15 is 0 Å². The fraction of sp³-hybridized carbons (Fsp3) is 0.375. The Labute approximate surface area is 193 Å². The van der Waals surface area contributed by atoms with Crippen molar-refractivity contribution in [3.63, 3.8) is 0 Å². The first-order valence-corrected chi connectivity index (χ1v) is 12.6. The molecule has 0 aliphatic carbocycles. The number of unbranched alkanes of at least 4 members (excludes halogenated alkanes) is 1. The van der Waals surface area contributed by atoms with Gasteiger partial charge in [-0.3, -0.25) is 19.3 Å². The molecule has 4 rings (SSSR count). The highest BCUT2D eigenvalue weighted by atomic mass is 32.2. The van der Waals surface area contributed by atoms with Crippen LogP contribution in [0.3, 0.4) is 0 Å². The number of nitrogens with zero attached hydrogens (tertiary/aromatic N) is 2. The SMILES string of the molecule is CCS(=O)(=O)N1Cc2ccccc2C[C@@H]1C(=O)OCCCCN1C(=O)c2ccccc2C1=O. The lowest BCUT2D eigenvalue weighted by molar-refractivity contribution is -0.148. The van der Waals surface area contributed by atoms with E-state index in [0.717, 1.165) is 11.1 Å². The van der Waals surface area contributed by atoms with E-state index in [-0.39, 0.29) is 43.7 Å². The van der Waals surface area contributed by atoms with Crippen LogP contribution in [0, 0.1) is 0 Å². The van der Waals surface area contributed by atoms with Gasteiger partial charge in [-0.2, -0.15) is 4.31 Å². The highest BCUT2D eigenvalue weighted by Gasteiger charge is 2.39. The standard InChI is InChI=1S/C24H26N2O6S/c1-2-33(30,31)26-16-18-10-4-3-9-17(18)15-21(26)24(29)32-14-8-7-13-25-22(27)19-11-5-6-12-20(19)23(25)28/h3-6,9-12,21H,2,7-8,13-16H2,1H3/t21-/m1/s1. The third-order valence-electron chi connectivity index (χ3n) is 6.10. The Morgan fingerprint density at radius 1 is 0.970 bits per heavy atom. The number of amides is 2. The van der Waals surface area contributed by atoms with Crippen molar-refractivity contribution in [3.8, 4) is 0 Å². The van der Waals surface area contributed by atoms with Gasteiger partial charge in [0.05, 0.1) is 23.5 Å². The van der Waals surface area contributed by atoms with Crippen LogP contribution in [-0.4, -0.2) is 60.4 Å². The minimum Gasteiger partial charge on any atom is -0.464 e. The first-order chi connectivity index (χ1) is 15.8. The lowest BCUT2D eigenvalue weighted by atomic mass is 9.96. The first kappa shape index (κ1) is 23.1. The quantitative estimate of drug-likeness (QED) is 0.334. The van der Waals surface area contributed by atoms with Crippen molar-refractivity contribution in [2.24, 2.45) is 0 Å². The Balaban J connectivity index is 1.32. The summed E-state index contributed by atoms with van der Waals surface area (Å²) in [5.41, 5.74) is 2.64. The maximum absolute atomic E-state index is 12.8. The molecule has 0 N–H and O–H groups in total. The van der Waals surface area contributed by atoms with Crippen molar-refractivity contribution >= 4 is 27.8 Å². The molecular formula is C24H26N2O6S. The van der Waals surface area contributed by atoms with E-state index in [1.54, 1.807) is 31.2 Å². The molecule has 2 amide bonds. The van der Waals surface area contributed by atoms with Crippen LogP contribution < -0.4 is 0 Å². The molecule has 0 saturated carbocycles. The molecule has 0 unspecified atom stereocenters. The summed E-state index contributed by atoms with van der Waals surface area (Å²) in [6.45, 7) is 2.01. The van der Waals surface area contributed by atoms with Gasteiger partial charge in [0.25, 0.3) is 11.8 Å². The molecule has 0 aromatic heterocycles. The summed E-state index contributed by atoms with van der Waals surface area (Å²) >= 11 is 0. The molecule has 0 saturated heterocycles. The number of rotatable bonds is 8. The van der Waals surface area contributed by atoms with Gasteiger partial charge >= 0.3 is 5.97 Å². The van der Waals surface area contributed by atoms with E-state index in [4.69, 9.17) is 4.74 Å². The maximum Gasteiger partial charge on any atom is 0.324 e. The predicted octanol–water partition coefficient (Wildman–Crippen LogP) is 2.38. The van der Waals surface area contributed by atoms with Gasteiger partial charge < -0.3 is 4.74 Å². The van der Waals surface area contributed by atoms with Gasteiger partial charge in [-0.05, 0) is 43.0 Å². The van der Waals surface area contributed by atoms with Crippen LogP contribution in [0.15, 0.2) is 48.5 Å². The average molecular weight is 471 g/mol. The summed E-state index contributed by atoms with van der Waals surface area (Å²) in [5, 5.41) is 0. The highest BCUT2D eigenvalue weighted by molar-refractivity contribution is 7.89. The second-order valence-corrected chi connectivity index (χ2v) is 10.3. The van der Waals surface area contributed by atoms with Crippen LogP contribution >= 0.6 is 0 Å². The molecule has 2 aromatic carbocycles. The number of ether oxygens (including phenoxy) is 1. The Morgan fingerprint density at radius 2 is 1.58 bits per heavy atom. The normalized spacial score (nSPS) is 18.2. The van der Waals surface area contributed by atoms with E-state index in [1.165, 1.54) is 9.21 Å². The van der Waals surface area contributed by atoms with E-state index in [1.807, 2.05) is 24.3 Å². The molecule has 33 heavy (non-hydrogen) atoms. The fourth-order valence-corrected chi connectivity index (χ4v) is 5.46. The molecule has 1 atom stereocenters. The van der Waals surface area contributed by atoms with Crippen molar-refractivity contribution in [1.82, 2.24) is 9.21 Å². The fourth-order valence-electron chi connectivity index (χ4n) is 4.24. The van der Waals surface area contributed by atoms with Crippen LogP contribution in [0.1, 0.15) is 51.6 Å². The molecule has 0 bridgehead atoms. The molecular weight excluding hydrogens is 444 g/mol. The van der Waals surface area contributed by atoms with Crippen molar-refractivity contribution in [2.45, 2.75) is 38.8 Å². The van der Waals surface area contributed by atoms with E-state index in [2.05, 4.69) is 0 Å². The average Bonchev–Trinajstić information content (AvgIpc) is 3.07. The largest absolute Gasteiger partial charge is 0.464 e. The number of sulfonamides is 1. The van der Waals surface area contributed by atoms with Gasteiger partial charge in [0.1, 0.15) is 6.04 Å². The van der Waals surface area contributed by atoms with Crippen molar-refractivity contribution in [3.05, 3.63) is 70.8 Å². The van der Waals surface area contributed by atoms with Crippen LogP contribution in [0.4, 0.5) is 0 Å². The Hall–Kier alpha value is -3.04. The van der Waals surface area contributed by atoms with E-state index in [9.17, 15) is 22.8 Å². The Bertz CT molecular complexity index is 1160. The molecule has 0 fully saturated rings. The van der Waals surface area contributed by atoms with Gasteiger partial charge in [0, 0.05) is 19.5 Å². The smallest absolute Gasteiger partial charge is 0.324 e. The van der Waals surface area contributed by atoms with Gasteiger partial charge in [-0.15, -0.1) is 0 Å². The van der Waals surface area contributed by atoms with Gasteiger partial charge in [0.2, 0.25) is 10.0 Å². The molecule has 2 aromatic rings. The molecule has 174 valence electrons. The Morgan fingerprint density at radius 3 is 2.21 bits per heavy atom. The minimum absolute atomic E-state index is 0.0835. The number of fused-ring (bicyclic) bond motifs is 2. The third kappa shape index (κ3) is 4.56. The lowest BCUT2D eigenvalue weighted by Gasteiger charge is -2.34. The lowest BCUT2D eigenvalue weighted by Crippen LogP contribution is -2.49. The summed E-state index contributed by atoms with van der Waals surface area (Å²) in [5.74, 6) is -1.30. The van der Waals surface area contributed by atoms with E-state index < -0.39 is 22.0 Å². The summed E-state index contributed by atoms with van der Waals surface area (Å²) in [6.07, 6.45) is 1.19. The summed E-state index contributed by atoms with van der Waals surface area (Å²) in [4.78, 5) is 38.8. The number of imide groups is 1. The van der Waals surface area contributed by atoms with Crippen molar-refractivity contribution in [2.75, 3.05) is 18.9 Å². The second kappa shape index (κ2) is 9.44. The van der Waals surface area contributed by atoms with Crippen molar-refractivity contribution in [1.29, 1.82) is 0 Å². The molecule has 2 heterocycles. The van der Waals surface area contributed by atoms with Crippen LogP contribution in [0.25, 0.3) is 0 Å². The summed E-state index contributed by atoms with van der Waals surface area (Å²) in [7, 11) is -3.59. The van der Waals surface area contributed by atoms with Gasteiger partial charge in [-0.1, -0.05) is 36.4 Å². The Kier molecular flexibility index (Phi) is 6.62.